The number of anilines is 1. The number of benzene rings is 1. The number of nitrogens with one attached hydrogen (secondary N) is 1. The van der Waals surface area contributed by atoms with Crippen LogP contribution >= 0.6 is 0 Å². The van der Waals surface area contributed by atoms with Gasteiger partial charge in [-0.1, -0.05) is 32.3 Å². The van der Waals surface area contributed by atoms with Crippen LogP contribution in [0.15, 0.2) is 23.1 Å². The second kappa shape index (κ2) is 6.14. The second-order valence-corrected chi connectivity index (χ2v) is 7.41. The summed E-state index contributed by atoms with van der Waals surface area (Å²) in [6, 6.07) is 4.97. The topological polar surface area (TPSA) is 72.2 Å². The summed E-state index contributed by atoms with van der Waals surface area (Å²) in [4.78, 5) is 0.265. The van der Waals surface area contributed by atoms with E-state index in [1.165, 1.54) is 6.42 Å². The van der Waals surface area contributed by atoms with Gasteiger partial charge in [0.1, 0.15) is 0 Å². The molecule has 0 radical (unpaired) electrons. The second-order valence-electron chi connectivity index (χ2n) is 5.70. The predicted molar refractivity (Wildman–Crippen MR) is 81.9 cm³/mol. The van der Waals surface area contributed by atoms with Gasteiger partial charge in [-0.15, -0.1) is 0 Å². The van der Waals surface area contributed by atoms with Gasteiger partial charge in [0, 0.05) is 11.7 Å². The third-order valence-corrected chi connectivity index (χ3v) is 5.79. The fourth-order valence-electron chi connectivity index (χ4n) is 2.90. The van der Waals surface area contributed by atoms with Gasteiger partial charge < -0.3 is 5.73 Å². The largest absolute Gasteiger partial charge is 0.398 e. The van der Waals surface area contributed by atoms with E-state index >= 15 is 0 Å². The van der Waals surface area contributed by atoms with E-state index in [2.05, 4.69) is 11.6 Å². The monoisotopic (exact) mass is 296 g/mol. The average molecular weight is 296 g/mol. The van der Waals surface area contributed by atoms with Gasteiger partial charge in [-0.25, -0.2) is 13.1 Å². The van der Waals surface area contributed by atoms with Crippen molar-refractivity contribution >= 4 is 15.7 Å². The maximum absolute atomic E-state index is 12.5. The molecule has 2 atom stereocenters. The first kappa shape index (κ1) is 15.3. The molecule has 0 spiro atoms. The lowest BCUT2D eigenvalue weighted by Crippen LogP contribution is -2.41. The Kier molecular flexibility index (Phi) is 4.70. The minimum atomic E-state index is -3.47. The third kappa shape index (κ3) is 3.33. The standard InChI is InChI=1S/C15H24N2O2S/c1-3-12-6-4-5-7-15(12)17-20(18,19)13-9-8-11(2)14(16)10-13/h8-10,12,15,17H,3-7,16H2,1-2H3. The van der Waals surface area contributed by atoms with Crippen molar-refractivity contribution < 1.29 is 8.42 Å². The summed E-state index contributed by atoms with van der Waals surface area (Å²) in [5.74, 6) is 0.446. The number of nitrogen functional groups attached to an aromatic ring is 1. The Morgan fingerprint density at radius 1 is 1.30 bits per heavy atom. The minimum absolute atomic E-state index is 0.0567. The molecule has 0 aliphatic heterocycles. The van der Waals surface area contributed by atoms with Crippen LogP contribution in [-0.2, 0) is 10.0 Å². The highest BCUT2D eigenvalue weighted by molar-refractivity contribution is 7.89. The van der Waals surface area contributed by atoms with E-state index in [1.54, 1.807) is 18.2 Å². The first-order valence-electron chi connectivity index (χ1n) is 7.32. The molecule has 1 saturated carbocycles. The van der Waals surface area contributed by atoms with Crippen molar-refractivity contribution in [2.24, 2.45) is 5.92 Å². The van der Waals surface area contributed by atoms with E-state index in [1.807, 2.05) is 6.92 Å². The molecule has 112 valence electrons. The summed E-state index contributed by atoms with van der Waals surface area (Å²) in [5.41, 5.74) is 7.23. The van der Waals surface area contributed by atoms with E-state index in [0.717, 1.165) is 31.2 Å². The van der Waals surface area contributed by atoms with Gasteiger partial charge in [0.15, 0.2) is 0 Å². The summed E-state index contributed by atoms with van der Waals surface area (Å²) >= 11 is 0. The molecule has 5 heteroatoms. The highest BCUT2D eigenvalue weighted by Crippen LogP contribution is 2.28. The highest BCUT2D eigenvalue weighted by atomic mass is 32.2. The van der Waals surface area contributed by atoms with E-state index in [-0.39, 0.29) is 10.9 Å². The molecule has 0 saturated heterocycles. The minimum Gasteiger partial charge on any atom is -0.398 e. The number of aryl methyl sites for hydroxylation is 1. The Morgan fingerprint density at radius 3 is 2.65 bits per heavy atom. The van der Waals surface area contributed by atoms with Crippen LogP contribution in [0.5, 0.6) is 0 Å². The van der Waals surface area contributed by atoms with Gasteiger partial charge in [-0.05, 0) is 43.4 Å². The van der Waals surface area contributed by atoms with Crippen LogP contribution in [0.4, 0.5) is 5.69 Å². The molecule has 0 aromatic heterocycles. The van der Waals surface area contributed by atoms with Crippen LogP contribution in [0.25, 0.3) is 0 Å². The number of rotatable bonds is 4. The molecule has 1 fully saturated rings. The van der Waals surface area contributed by atoms with Crippen LogP contribution in [0.2, 0.25) is 0 Å². The first-order valence-corrected chi connectivity index (χ1v) is 8.81. The molecular formula is C15H24N2O2S. The third-order valence-electron chi connectivity index (χ3n) is 4.30. The van der Waals surface area contributed by atoms with Crippen LogP contribution in [0.3, 0.4) is 0 Å². The fourth-order valence-corrected chi connectivity index (χ4v) is 4.28. The number of hydrogen-bond acceptors (Lipinski definition) is 3. The maximum atomic E-state index is 12.5. The molecule has 0 heterocycles. The molecule has 20 heavy (non-hydrogen) atoms. The van der Waals surface area contributed by atoms with Gasteiger partial charge in [0.05, 0.1) is 4.90 Å². The Hall–Kier alpha value is -1.07. The molecule has 1 aliphatic rings. The lowest BCUT2D eigenvalue weighted by molar-refractivity contribution is 0.282. The Morgan fingerprint density at radius 2 is 2.00 bits per heavy atom. The first-order chi connectivity index (χ1) is 9.44. The van der Waals surface area contributed by atoms with Crippen LogP contribution < -0.4 is 10.5 Å². The zero-order chi connectivity index (χ0) is 14.8. The smallest absolute Gasteiger partial charge is 0.240 e. The number of hydrogen-bond donors (Lipinski definition) is 2. The van der Waals surface area contributed by atoms with Crippen molar-refractivity contribution in [3.05, 3.63) is 23.8 Å². The zero-order valence-electron chi connectivity index (χ0n) is 12.2. The van der Waals surface area contributed by atoms with E-state index in [0.29, 0.717) is 11.6 Å². The normalized spacial score (nSPS) is 23.7. The molecule has 1 aromatic carbocycles. The average Bonchev–Trinajstić information content (AvgIpc) is 2.42. The molecule has 4 nitrogen and oxygen atoms in total. The summed E-state index contributed by atoms with van der Waals surface area (Å²) in [6.07, 6.45) is 5.36. The van der Waals surface area contributed by atoms with Gasteiger partial charge in [-0.2, -0.15) is 0 Å². The SMILES string of the molecule is CCC1CCCCC1NS(=O)(=O)c1ccc(C)c(N)c1. The van der Waals surface area contributed by atoms with Crippen molar-refractivity contribution in [3.63, 3.8) is 0 Å². The van der Waals surface area contributed by atoms with Crippen LogP contribution in [0, 0.1) is 12.8 Å². The van der Waals surface area contributed by atoms with Crippen LogP contribution in [0.1, 0.15) is 44.6 Å². The Balaban J connectivity index is 2.19. The Bertz CT molecular complexity index is 569. The maximum Gasteiger partial charge on any atom is 0.240 e. The van der Waals surface area contributed by atoms with E-state index in [9.17, 15) is 8.42 Å². The molecule has 0 bridgehead atoms. The fraction of sp³-hybridized carbons (Fsp3) is 0.600. The lowest BCUT2D eigenvalue weighted by Gasteiger charge is -2.31. The molecule has 2 rings (SSSR count). The number of nitrogens with two attached hydrogens (primary N) is 1. The lowest BCUT2D eigenvalue weighted by atomic mass is 9.83. The van der Waals surface area contributed by atoms with Crippen molar-refractivity contribution in [1.29, 1.82) is 0 Å². The summed E-state index contributed by atoms with van der Waals surface area (Å²) in [5, 5.41) is 0. The predicted octanol–water partition coefficient (Wildman–Crippen LogP) is 2.82. The molecule has 1 aromatic rings. The quantitative estimate of drug-likeness (QED) is 0.839. The molecule has 2 unspecified atom stereocenters. The van der Waals surface area contributed by atoms with Crippen molar-refractivity contribution in [2.75, 3.05) is 5.73 Å². The molecule has 1 aliphatic carbocycles. The zero-order valence-corrected chi connectivity index (χ0v) is 13.0. The number of sulfonamides is 1. The summed E-state index contributed by atoms with van der Waals surface area (Å²) in [7, 11) is -3.47. The van der Waals surface area contributed by atoms with Gasteiger partial charge in [-0.3, -0.25) is 0 Å². The summed E-state index contributed by atoms with van der Waals surface area (Å²) in [6.45, 7) is 3.99. The van der Waals surface area contributed by atoms with Crippen LogP contribution in [-0.4, -0.2) is 14.5 Å². The van der Waals surface area contributed by atoms with Crippen molar-refractivity contribution in [1.82, 2.24) is 4.72 Å². The Labute approximate surface area is 121 Å². The van der Waals surface area contributed by atoms with Crippen molar-refractivity contribution in [2.45, 2.75) is 56.9 Å². The van der Waals surface area contributed by atoms with Gasteiger partial charge >= 0.3 is 0 Å². The van der Waals surface area contributed by atoms with E-state index in [4.69, 9.17) is 5.73 Å². The van der Waals surface area contributed by atoms with Gasteiger partial charge in [0.25, 0.3) is 0 Å². The van der Waals surface area contributed by atoms with Gasteiger partial charge in [0.2, 0.25) is 10.0 Å². The molecule has 3 N–H and O–H groups in total. The highest BCUT2D eigenvalue weighted by Gasteiger charge is 2.28. The van der Waals surface area contributed by atoms with E-state index < -0.39 is 10.0 Å². The van der Waals surface area contributed by atoms with Crippen molar-refractivity contribution in [3.8, 4) is 0 Å². The summed E-state index contributed by atoms with van der Waals surface area (Å²) < 4.78 is 27.8. The molecule has 0 amide bonds. The molecular weight excluding hydrogens is 272 g/mol.